The molecule has 3 aliphatic rings. The lowest BCUT2D eigenvalue weighted by molar-refractivity contribution is -0.156. The molecule has 0 bridgehead atoms. The Balaban J connectivity index is 1.55. The summed E-state index contributed by atoms with van der Waals surface area (Å²) in [5.41, 5.74) is 11.1. The summed E-state index contributed by atoms with van der Waals surface area (Å²) in [6, 6.07) is 15.7. The molecule has 3 aromatic carbocycles. The van der Waals surface area contributed by atoms with E-state index < -0.39 is 160 Å². The van der Waals surface area contributed by atoms with Crippen molar-refractivity contribution >= 4 is 120 Å². The van der Waals surface area contributed by atoms with Gasteiger partial charge in [0.25, 0.3) is 0 Å². The molecule has 3 fully saturated rings. The lowest BCUT2D eigenvalue weighted by Gasteiger charge is -2.50. The predicted molar refractivity (Wildman–Crippen MR) is 376 cm³/mol. The van der Waals surface area contributed by atoms with Crippen LogP contribution in [0, 0.1) is 0 Å². The number of nitrogens with two attached hydrogens (primary N) is 2. The van der Waals surface area contributed by atoms with E-state index in [1.54, 1.807) is 91.0 Å². The number of fused-ring (bicyclic) bond motifs is 2. The van der Waals surface area contributed by atoms with Gasteiger partial charge in [0.15, 0.2) is 0 Å². The van der Waals surface area contributed by atoms with Crippen molar-refractivity contribution in [2.24, 2.45) is 11.5 Å². The number of nitrogens with one attached hydrogen (secondary N) is 7. The maximum absolute atomic E-state index is 16.9. The Morgan fingerprint density at radius 2 is 1.00 bits per heavy atom. The number of unbranched alkanes of at least 4 members (excludes halogenated alkanes) is 1. The van der Waals surface area contributed by atoms with Crippen molar-refractivity contribution in [1.29, 1.82) is 0 Å². The number of rotatable bonds is 19. The molecule has 3 heterocycles. The molecule has 12 amide bonds. The van der Waals surface area contributed by atoms with Crippen molar-refractivity contribution in [3.8, 4) is 0 Å². The van der Waals surface area contributed by atoms with Gasteiger partial charge in [-0.2, -0.15) is 48.8 Å². The Hall–Kier alpha value is -7.34. The standard InChI is InChI=1S/C67H95N13O12S4/c1-42(81)72-41-79-52(37-93)63(91)78-34-20-29-51(78)60(88)70-35-55(83)73-48(39-95-65(2,3)4)58(86)75-46(30-31-54(69)82)57(85)76-47(27-17-18-32-68)61(89)77-33-19-28-50(77)59(87)71-36-56(84)74-49(40-96-66(5,6)7)62(90)80(53(38-94)64(79)92)67(43-21-11-8-12-22-43,44-23-13-9-14-24-44)45-25-15-10-16-26-45/h8-16,21-26,46-53,93-94H,17-20,27-41,68H2,1-7H3,(H2,69,82)(H,70,88)(H,71,87)(H,72,81)(H,73,83)(H,74,84)(H,75,86)(H,76,85). The highest BCUT2D eigenvalue weighted by atomic mass is 32.2. The van der Waals surface area contributed by atoms with E-state index in [1.165, 1.54) is 45.1 Å². The molecule has 3 aromatic rings. The first-order valence-electron chi connectivity index (χ1n) is 32.4. The molecule has 6 rings (SSSR count). The van der Waals surface area contributed by atoms with E-state index in [0.29, 0.717) is 42.4 Å². The zero-order valence-corrected chi connectivity index (χ0v) is 59.2. The number of amides is 12. The number of hydrogen-bond donors (Lipinski definition) is 11. The fraction of sp³-hybridized carbons (Fsp3) is 0.552. The lowest BCUT2D eigenvalue weighted by atomic mass is 9.74. The van der Waals surface area contributed by atoms with Crippen LogP contribution in [0.1, 0.15) is 123 Å². The molecule has 8 unspecified atom stereocenters. The molecule has 3 aliphatic heterocycles. The third-order valence-corrected chi connectivity index (χ3v) is 20.0. The topological polar surface area (TPSA) is 354 Å². The largest absolute Gasteiger partial charge is 0.370 e. The lowest BCUT2D eigenvalue weighted by Crippen LogP contribution is -2.67. The number of thiol groups is 2. The molecule has 96 heavy (non-hydrogen) atoms. The molecule has 524 valence electrons. The average molecular weight is 1400 g/mol. The maximum Gasteiger partial charge on any atom is 0.248 e. The summed E-state index contributed by atoms with van der Waals surface area (Å²) in [6.07, 6.45) is 1.11. The van der Waals surface area contributed by atoms with Crippen LogP contribution in [-0.4, -0.2) is 211 Å². The smallest absolute Gasteiger partial charge is 0.248 e. The van der Waals surface area contributed by atoms with Crippen LogP contribution >= 0.6 is 48.8 Å². The maximum atomic E-state index is 16.9. The number of carbonyl (C=O) groups is 12. The van der Waals surface area contributed by atoms with Crippen LogP contribution < -0.4 is 48.7 Å². The van der Waals surface area contributed by atoms with Gasteiger partial charge in [-0.3, -0.25) is 57.5 Å². The summed E-state index contributed by atoms with van der Waals surface area (Å²) in [4.78, 5) is 181. The highest BCUT2D eigenvalue weighted by Gasteiger charge is 2.53. The van der Waals surface area contributed by atoms with Crippen LogP contribution in [0.4, 0.5) is 0 Å². The number of carbonyl (C=O) groups excluding carboxylic acids is 12. The molecule has 0 spiro atoms. The van der Waals surface area contributed by atoms with Crippen molar-refractivity contribution < 1.29 is 57.5 Å². The second kappa shape index (κ2) is 36.3. The van der Waals surface area contributed by atoms with Crippen LogP contribution in [0.5, 0.6) is 0 Å². The first kappa shape index (κ1) is 77.7. The van der Waals surface area contributed by atoms with Gasteiger partial charge in [0, 0.05) is 58.9 Å². The molecule has 0 aromatic heterocycles. The summed E-state index contributed by atoms with van der Waals surface area (Å²) in [5, 5.41) is 18.9. The molecule has 0 saturated carbocycles. The van der Waals surface area contributed by atoms with Gasteiger partial charge in [-0.05, 0) is 74.6 Å². The van der Waals surface area contributed by atoms with Gasteiger partial charge in [-0.15, -0.1) is 0 Å². The zero-order chi connectivity index (χ0) is 70.5. The van der Waals surface area contributed by atoms with Gasteiger partial charge in [0.1, 0.15) is 53.9 Å². The van der Waals surface area contributed by atoms with E-state index in [1.807, 2.05) is 41.5 Å². The van der Waals surface area contributed by atoms with E-state index >= 15 is 14.4 Å². The van der Waals surface area contributed by atoms with Crippen molar-refractivity contribution in [2.75, 3.05) is 62.4 Å². The average Bonchev–Trinajstić information content (AvgIpc) is 0.921. The molecule has 8 atom stereocenters. The van der Waals surface area contributed by atoms with Gasteiger partial charge >= 0.3 is 0 Å². The number of hydrogen-bond acceptors (Lipinski definition) is 17. The molecule has 29 heteroatoms. The number of benzene rings is 3. The van der Waals surface area contributed by atoms with E-state index in [0.717, 1.165) is 4.90 Å². The van der Waals surface area contributed by atoms with Gasteiger partial charge in [-0.1, -0.05) is 133 Å². The van der Waals surface area contributed by atoms with Crippen molar-refractivity contribution in [3.05, 3.63) is 108 Å². The summed E-state index contributed by atoms with van der Waals surface area (Å²) < 4.78 is -0.990. The first-order chi connectivity index (χ1) is 45.6. The quantitative estimate of drug-likeness (QED) is 0.0464. The first-order valence-corrected chi connectivity index (χ1v) is 35.7. The third-order valence-electron chi connectivity index (χ3n) is 16.6. The molecular formula is C67H95N13O12S4. The third kappa shape index (κ3) is 21.1. The molecule has 25 nitrogen and oxygen atoms in total. The molecule has 3 saturated heterocycles. The fourth-order valence-electron chi connectivity index (χ4n) is 11.9. The van der Waals surface area contributed by atoms with Crippen LogP contribution in [0.2, 0.25) is 0 Å². The Kier molecular flexibility index (Phi) is 29.4. The predicted octanol–water partition coefficient (Wildman–Crippen LogP) is 1.95. The fourth-order valence-corrected chi connectivity index (χ4v) is 14.4. The number of thioether (sulfide) groups is 2. The van der Waals surface area contributed by atoms with Crippen LogP contribution in [-0.2, 0) is 63.1 Å². The van der Waals surface area contributed by atoms with Gasteiger partial charge in [0.05, 0.1) is 19.8 Å². The van der Waals surface area contributed by atoms with Crippen molar-refractivity contribution in [3.63, 3.8) is 0 Å². The highest BCUT2D eigenvalue weighted by molar-refractivity contribution is 8.00. The van der Waals surface area contributed by atoms with E-state index in [4.69, 9.17) is 24.1 Å². The minimum atomic E-state index is -1.78. The van der Waals surface area contributed by atoms with Crippen LogP contribution in [0.3, 0.4) is 0 Å². The molecule has 0 aliphatic carbocycles. The minimum absolute atomic E-state index is 0.0147. The second-order valence-corrected chi connectivity index (χ2v) is 30.4. The summed E-state index contributed by atoms with van der Waals surface area (Å²) in [5.74, 6) is -10.2. The Morgan fingerprint density at radius 1 is 0.552 bits per heavy atom. The normalized spacial score (nSPS) is 23.2. The minimum Gasteiger partial charge on any atom is -0.370 e. The highest BCUT2D eigenvalue weighted by Crippen LogP contribution is 2.45. The number of primary amides is 1. The van der Waals surface area contributed by atoms with Crippen molar-refractivity contribution in [2.45, 2.75) is 170 Å². The van der Waals surface area contributed by atoms with Crippen LogP contribution in [0.25, 0.3) is 0 Å². The number of nitrogens with zero attached hydrogens (tertiary/aromatic N) is 4. The van der Waals surface area contributed by atoms with Gasteiger partial charge in [-0.25, -0.2) is 0 Å². The van der Waals surface area contributed by atoms with E-state index in [9.17, 15) is 43.2 Å². The second-order valence-electron chi connectivity index (χ2n) is 25.9. The van der Waals surface area contributed by atoms with E-state index in [-0.39, 0.29) is 69.0 Å². The molecular weight excluding hydrogens is 1310 g/mol. The molecule has 11 N–H and O–H groups in total. The SMILES string of the molecule is CC(=O)NCN1C(=O)C(CS)N(C(c2ccccc2)(c2ccccc2)c2ccccc2)C(=O)C(CSC(C)(C)C)NC(=O)CNC(=O)C2CCCN2C(=O)C(CCCCN)NC(=O)C(CCC(N)=O)NC(=O)C(CSC(C)(C)C)NC(=O)CNC(=O)C2CCCN2C(=O)C1CS. The Morgan fingerprint density at radius 3 is 1.45 bits per heavy atom. The summed E-state index contributed by atoms with van der Waals surface area (Å²) >= 11 is 12.2. The van der Waals surface area contributed by atoms with Crippen molar-refractivity contribution in [1.82, 2.24) is 56.8 Å². The Labute approximate surface area is 581 Å². The summed E-state index contributed by atoms with van der Waals surface area (Å²) in [6.45, 7) is 11.0. The Bertz CT molecular complexity index is 3120. The summed E-state index contributed by atoms with van der Waals surface area (Å²) in [7, 11) is 0. The van der Waals surface area contributed by atoms with E-state index in [2.05, 4.69) is 49.8 Å². The monoisotopic (exact) mass is 1400 g/mol. The zero-order valence-electron chi connectivity index (χ0n) is 55.8. The van der Waals surface area contributed by atoms with Gasteiger partial charge in [0.2, 0.25) is 70.9 Å². The molecule has 0 radical (unpaired) electrons. The van der Waals surface area contributed by atoms with Crippen LogP contribution in [0.15, 0.2) is 91.0 Å². The van der Waals surface area contributed by atoms with Gasteiger partial charge < -0.3 is 68.3 Å².